The van der Waals surface area contributed by atoms with E-state index in [0.29, 0.717) is 17.9 Å². The highest BCUT2D eigenvalue weighted by Gasteiger charge is 2.16. The SMILES string of the molecule is O=C(Nc1ccc(NC(=O)N2CCCCCC2)cc1)c1cccn1Cc1ccccc1. The third kappa shape index (κ3) is 5.54. The molecule has 3 amide bonds. The van der Waals surface area contributed by atoms with Gasteiger partial charge in [0.15, 0.2) is 0 Å². The van der Waals surface area contributed by atoms with E-state index in [2.05, 4.69) is 10.6 Å². The number of likely N-dealkylation sites (tertiary alicyclic amines) is 1. The number of urea groups is 1. The lowest BCUT2D eigenvalue weighted by Crippen LogP contribution is -2.35. The summed E-state index contributed by atoms with van der Waals surface area (Å²) in [5.74, 6) is -0.165. The highest BCUT2D eigenvalue weighted by atomic mass is 16.2. The maximum Gasteiger partial charge on any atom is 0.321 e. The summed E-state index contributed by atoms with van der Waals surface area (Å²) in [6.45, 7) is 2.25. The number of anilines is 2. The van der Waals surface area contributed by atoms with Crippen molar-refractivity contribution in [3.8, 4) is 0 Å². The van der Waals surface area contributed by atoms with Gasteiger partial charge in [0.05, 0.1) is 0 Å². The number of carbonyl (C=O) groups excluding carboxylic acids is 2. The molecule has 1 aliphatic heterocycles. The van der Waals surface area contributed by atoms with E-state index in [-0.39, 0.29) is 11.9 Å². The Labute approximate surface area is 182 Å². The second-order valence-corrected chi connectivity index (χ2v) is 7.87. The minimum atomic E-state index is -0.165. The van der Waals surface area contributed by atoms with Gasteiger partial charge in [0.25, 0.3) is 5.91 Å². The van der Waals surface area contributed by atoms with E-state index in [4.69, 9.17) is 0 Å². The van der Waals surface area contributed by atoms with E-state index in [1.807, 2.05) is 70.3 Å². The van der Waals surface area contributed by atoms with Crippen LogP contribution < -0.4 is 10.6 Å². The summed E-state index contributed by atoms with van der Waals surface area (Å²) in [6.07, 6.45) is 6.40. The summed E-state index contributed by atoms with van der Waals surface area (Å²) in [7, 11) is 0. The zero-order valence-corrected chi connectivity index (χ0v) is 17.6. The molecular formula is C25H28N4O2. The highest BCUT2D eigenvalue weighted by Crippen LogP contribution is 2.17. The molecule has 1 saturated heterocycles. The van der Waals surface area contributed by atoms with E-state index in [0.717, 1.165) is 37.2 Å². The number of carbonyl (C=O) groups is 2. The first-order valence-electron chi connectivity index (χ1n) is 10.9. The van der Waals surface area contributed by atoms with Crippen molar-refractivity contribution in [2.24, 2.45) is 0 Å². The van der Waals surface area contributed by atoms with Crippen molar-refractivity contribution >= 4 is 23.3 Å². The van der Waals surface area contributed by atoms with E-state index < -0.39 is 0 Å². The highest BCUT2D eigenvalue weighted by molar-refractivity contribution is 6.03. The van der Waals surface area contributed by atoms with Crippen LogP contribution in [0, 0.1) is 0 Å². The second-order valence-electron chi connectivity index (χ2n) is 7.87. The predicted molar refractivity (Wildman–Crippen MR) is 123 cm³/mol. The molecule has 0 aliphatic carbocycles. The van der Waals surface area contributed by atoms with Crippen LogP contribution in [0.25, 0.3) is 0 Å². The summed E-state index contributed by atoms with van der Waals surface area (Å²) in [4.78, 5) is 27.1. The van der Waals surface area contributed by atoms with E-state index in [9.17, 15) is 9.59 Å². The molecule has 2 heterocycles. The number of rotatable bonds is 5. The van der Waals surface area contributed by atoms with Gasteiger partial charge < -0.3 is 20.1 Å². The Morgan fingerprint density at radius 3 is 2.06 bits per heavy atom. The second kappa shape index (κ2) is 9.98. The Kier molecular flexibility index (Phi) is 6.67. The van der Waals surface area contributed by atoms with Gasteiger partial charge in [-0.05, 0) is 54.8 Å². The van der Waals surface area contributed by atoms with E-state index in [1.54, 1.807) is 12.1 Å². The van der Waals surface area contributed by atoms with Gasteiger partial charge in [0, 0.05) is 37.2 Å². The molecule has 0 saturated carbocycles. The lowest BCUT2D eigenvalue weighted by atomic mass is 10.2. The van der Waals surface area contributed by atoms with Crippen LogP contribution in [0.4, 0.5) is 16.2 Å². The molecule has 0 unspecified atom stereocenters. The molecule has 4 rings (SSSR count). The molecule has 3 aromatic rings. The lowest BCUT2D eigenvalue weighted by molar-refractivity contribution is 0.101. The van der Waals surface area contributed by atoms with Crippen LogP contribution in [0.1, 0.15) is 41.7 Å². The van der Waals surface area contributed by atoms with Crippen LogP contribution in [-0.4, -0.2) is 34.5 Å². The number of nitrogens with one attached hydrogen (secondary N) is 2. The van der Waals surface area contributed by atoms with Gasteiger partial charge in [-0.25, -0.2) is 4.79 Å². The Morgan fingerprint density at radius 2 is 1.39 bits per heavy atom. The van der Waals surface area contributed by atoms with Gasteiger partial charge >= 0.3 is 6.03 Å². The van der Waals surface area contributed by atoms with Gasteiger partial charge in [0.1, 0.15) is 5.69 Å². The Hall–Kier alpha value is -3.54. The van der Waals surface area contributed by atoms with Crippen molar-refractivity contribution in [1.82, 2.24) is 9.47 Å². The Balaban J connectivity index is 1.35. The van der Waals surface area contributed by atoms with Gasteiger partial charge in [-0.15, -0.1) is 0 Å². The Bertz CT molecular complexity index is 1000. The van der Waals surface area contributed by atoms with Crippen molar-refractivity contribution < 1.29 is 9.59 Å². The number of nitrogens with zero attached hydrogens (tertiary/aromatic N) is 2. The topological polar surface area (TPSA) is 66.4 Å². The predicted octanol–water partition coefficient (Wildman–Crippen LogP) is 5.20. The first-order chi connectivity index (χ1) is 15.2. The third-order valence-electron chi connectivity index (χ3n) is 5.55. The van der Waals surface area contributed by atoms with Crippen LogP contribution >= 0.6 is 0 Å². The van der Waals surface area contributed by atoms with Crippen LogP contribution in [0.3, 0.4) is 0 Å². The van der Waals surface area contributed by atoms with E-state index in [1.165, 1.54) is 12.8 Å². The quantitative estimate of drug-likeness (QED) is 0.601. The van der Waals surface area contributed by atoms with Gasteiger partial charge in [-0.3, -0.25) is 4.79 Å². The molecule has 31 heavy (non-hydrogen) atoms. The molecule has 0 bridgehead atoms. The summed E-state index contributed by atoms with van der Waals surface area (Å²) in [6, 6.07) is 20.9. The molecule has 2 N–H and O–H groups in total. The summed E-state index contributed by atoms with van der Waals surface area (Å²) in [5.41, 5.74) is 3.14. The first-order valence-corrected chi connectivity index (χ1v) is 10.9. The fourth-order valence-corrected chi connectivity index (χ4v) is 3.85. The first kappa shape index (κ1) is 20.7. The molecule has 6 heteroatoms. The molecule has 1 fully saturated rings. The lowest BCUT2D eigenvalue weighted by Gasteiger charge is -2.20. The van der Waals surface area contributed by atoms with Gasteiger partial charge in [0.2, 0.25) is 0 Å². The molecule has 2 aromatic carbocycles. The molecule has 160 valence electrons. The summed E-state index contributed by atoms with van der Waals surface area (Å²) >= 11 is 0. The van der Waals surface area contributed by atoms with Gasteiger partial charge in [-0.1, -0.05) is 43.2 Å². The standard InChI is InChI=1S/C25H28N4O2/c30-24(23-11-8-18-29(23)19-20-9-4-3-5-10-20)26-21-12-14-22(15-13-21)27-25(31)28-16-6-1-2-7-17-28/h3-5,8-15,18H,1-2,6-7,16-17,19H2,(H,26,30)(H,27,31). The molecular weight excluding hydrogens is 388 g/mol. The third-order valence-corrected chi connectivity index (χ3v) is 5.55. The average molecular weight is 417 g/mol. The van der Waals surface area contributed by atoms with Crippen LogP contribution in [0.5, 0.6) is 0 Å². The van der Waals surface area contributed by atoms with Crippen molar-refractivity contribution in [3.63, 3.8) is 0 Å². The number of benzene rings is 2. The maximum absolute atomic E-state index is 12.8. The number of aromatic nitrogens is 1. The molecule has 1 aliphatic rings. The maximum atomic E-state index is 12.8. The molecule has 0 spiro atoms. The number of hydrogen-bond donors (Lipinski definition) is 2. The van der Waals surface area contributed by atoms with Crippen LogP contribution in [0.2, 0.25) is 0 Å². The summed E-state index contributed by atoms with van der Waals surface area (Å²) in [5, 5.41) is 5.89. The largest absolute Gasteiger partial charge is 0.339 e. The number of amides is 3. The average Bonchev–Trinajstić information content (AvgIpc) is 3.07. The van der Waals surface area contributed by atoms with Crippen LogP contribution in [0.15, 0.2) is 72.9 Å². The minimum Gasteiger partial charge on any atom is -0.339 e. The smallest absolute Gasteiger partial charge is 0.321 e. The van der Waals surface area contributed by atoms with Gasteiger partial charge in [-0.2, -0.15) is 0 Å². The normalized spacial score (nSPS) is 14.0. The van der Waals surface area contributed by atoms with Crippen molar-refractivity contribution in [3.05, 3.63) is 84.2 Å². The molecule has 1 aromatic heterocycles. The monoisotopic (exact) mass is 416 g/mol. The van der Waals surface area contributed by atoms with E-state index >= 15 is 0 Å². The molecule has 0 atom stereocenters. The summed E-state index contributed by atoms with van der Waals surface area (Å²) < 4.78 is 1.93. The van der Waals surface area contributed by atoms with Crippen molar-refractivity contribution in [2.45, 2.75) is 32.2 Å². The zero-order chi connectivity index (χ0) is 21.5. The zero-order valence-electron chi connectivity index (χ0n) is 17.6. The number of hydrogen-bond acceptors (Lipinski definition) is 2. The van der Waals surface area contributed by atoms with Crippen LogP contribution in [-0.2, 0) is 6.54 Å². The fraction of sp³-hybridized carbons (Fsp3) is 0.280. The van der Waals surface area contributed by atoms with Crippen molar-refractivity contribution in [1.29, 1.82) is 0 Å². The van der Waals surface area contributed by atoms with Crippen molar-refractivity contribution in [2.75, 3.05) is 23.7 Å². The molecule has 6 nitrogen and oxygen atoms in total. The fourth-order valence-electron chi connectivity index (χ4n) is 3.85. The minimum absolute atomic E-state index is 0.0579. The molecule has 0 radical (unpaired) electrons. The Morgan fingerprint density at radius 1 is 0.742 bits per heavy atom.